The lowest BCUT2D eigenvalue weighted by Crippen LogP contribution is -2.32. The standard InChI is InChI=1S/C5H5F3O4/c1-2(3(9)10)12-4(11)5(6,7)8/h2H,1H3,(H,9,10)/t2-/m0/s1. The van der Waals surface area contributed by atoms with Gasteiger partial charge < -0.3 is 9.84 Å². The summed E-state index contributed by atoms with van der Waals surface area (Å²) >= 11 is 0. The van der Waals surface area contributed by atoms with Crippen LogP contribution in [0.4, 0.5) is 13.2 Å². The number of esters is 1. The zero-order chi connectivity index (χ0) is 9.94. The van der Waals surface area contributed by atoms with E-state index in [1.165, 1.54) is 0 Å². The number of carboxylic acids is 1. The number of ether oxygens (including phenoxy) is 1. The summed E-state index contributed by atoms with van der Waals surface area (Å²) in [5, 5.41) is 8.05. The van der Waals surface area contributed by atoms with Crippen molar-refractivity contribution in [1.82, 2.24) is 0 Å². The number of rotatable bonds is 2. The highest BCUT2D eigenvalue weighted by Gasteiger charge is 2.42. The lowest BCUT2D eigenvalue weighted by atomic mass is 10.4. The molecular formula is C5H5F3O4. The summed E-state index contributed by atoms with van der Waals surface area (Å²) < 4.78 is 37.7. The van der Waals surface area contributed by atoms with Crippen LogP contribution in [-0.2, 0) is 14.3 Å². The maximum absolute atomic E-state index is 11.4. The number of carboxylic acid groups (broad SMARTS) is 1. The molecule has 0 saturated carbocycles. The first kappa shape index (κ1) is 10.7. The number of hydrogen-bond acceptors (Lipinski definition) is 3. The van der Waals surface area contributed by atoms with E-state index in [2.05, 4.69) is 4.74 Å². The van der Waals surface area contributed by atoms with Crippen LogP contribution in [0.15, 0.2) is 0 Å². The summed E-state index contributed by atoms with van der Waals surface area (Å²) in [4.78, 5) is 19.9. The van der Waals surface area contributed by atoms with Crippen LogP contribution >= 0.6 is 0 Å². The number of hydrogen-bond donors (Lipinski definition) is 1. The Balaban J connectivity index is 4.11. The van der Waals surface area contributed by atoms with Crippen LogP contribution in [0.25, 0.3) is 0 Å². The molecule has 0 aromatic heterocycles. The number of carbonyl (C=O) groups is 2. The molecule has 1 N–H and O–H groups in total. The van der Waals surface area contributed by atoms with Crippen LogP contribution in [0.5, 0.6) is 0 Å². The van der Waals surface area contributed by atoms with Crippen LogP contribution in [-0.4, -0.2) is 29.3 Å². The Morgan fingerprint density at radius 3 is 2.08 bits per heavy atom. The van der Waals surface area contributed by atoms with Crippen LogP contribution in [0.1, 0.15) is 6.92 Å². The second kappa shape index (κ2) is 3.42. The Morgan fingerprint density at radius 1 is 1.42 bits per heavy atom. The summed E-state index contributed by atoms with van der Waals surface area (Å²) in [7, 11) is 0. The van der Waals surface area contributed by atoms with E-state index in [0.717, 1.165) is 6.92 Å². The van der Waals surface area contributed by atoms with Gasteiger partial charge in [-0.2, -0.15) is 13.2 Å². The van der Waals surface area contributed by atoms with Crippen molar-refractivity contribution in [2.45, 2.75) is 19.2 Å². The molecule has 12 heavy (non-hydrogen) atoms. The largest absolute Gasteiger partial charge is 0.490 e. The third-order valence-electron chi connectivity index (χ3n) is 0.863. The maximum atomic E-state index is 11.4. The quantitative estimate of drug-likeness (QED) is 0.640. The maximum Gasteiger partial charge on any atom is 0.490 e. The van der Waals surface area contributed by atoms with E-state index in [0.29, 0.717) is 0 Å². The molecule has 0 aliphatic heterocycles. The zero-order valence-corrected chi connectivity index (χ0v) is 5.88. The first-order valence-electron chi connectivity index (χ1n) is 2.75. The predicted molar refractivity (Wildman–Crippen MR) is 29.2 cm³/mol. The first-order chi connectivity index (χ1) is 5.25. The SMILES string of the molecule is C[C@H](OC(=O)C(F)(F)F)C(=O)O. The third kappa shape index (κ3) is 3.22. The minimum Gasteiger partial charge on any atom is -0.479 e. The van der Waals surface area contributed by atoms with Gasteiger partial charge in [0.05, 0.1) is 0 Å². The molecule has 0 rings (SSSR count). The van der Waals surface area contributed by atoms with Crippen molar-refractivity contribution in [3.05, 3.63) is 0 Å². The number of carbonyl (C=O) groups excluding carboxylic acids is 1. The molecular weight excluding hydrogens is 181 g/mol. The monoisotopic (exact) mass is 186 g/mol. The van der Waals surface area contributed by atoms with E-state index < -0.39 is 24.2 Å². The third-order valence-corrected chi connectivity index (χ3v) is 0.863. The van der Waals surface area contributed by atoms with Crippen LogP contribution in [0.3, 0.4) is 0 Å². The lowest BCUT2D eigenvalue weighted by Gasteiger charge is -2.09. The van der Waals surface area contributed by atoms with Gasteiger partial charge in [-0.15, -0.1) is 0 Å². The van der Waals surface area contributed by atoms with E-state index in [9.17, 15) is 22.8 Å². The van der Waals surface area contributed by atoms with Gasteiger partial charge in [0.2, 0.25) is 0 Å². The molecule has 70 valence electrons. The fourth-order valence-electron chi connectivity index (χ4n) is 0.278. The van der Waals surface area contributed by atoms with Crippen LogP contribution < -0.4 is 0 Å². The van der Waals surface area contributed by atoms with Gasteiger partial charge in [0.25, 0.3) is 0 Å². The van der Waals surface area contributed by atoms with Crippen molar-refractivity contribution < 1.29 is 32.6 Å². The first-order valence-corrected chi connectivity index (χ1v) is 2.75. The minimum atomic E-state index is -5.15. The van der Waals surface area contributed by atoms with E-state index in [4.69, 9.17) is 5.11 Å². The molecule has 0 unspecified atom stereocenters. The van der Waals surface area contributed by atoms with Crippen molar-refractivity contribution >= 4 is 11.9 Å². The molecule has 0 spiro atoms. The van der Waals surface area contributed by atoms with Gasteiger partial charge in [-0.05, 0) is 6.92 Å². The van der Waals surface area contributed by atoms with Gasteiger partial charge >= 0.3 is 18.1 Å². The zero-order valence-electron chi connectivity index (χ0n) is 5.88. The molecule has 4 nitrogen and oxygen atoms in total. The predicted octanol–water partition coefficient (Wildman–Crippen LogP) is 0.565. The van der Waals surface area contributed by atoms with Crippen molar-refractivity contribution in [1.29, 1.82) is 0 Å². The Labute approximate surface area is 64.9 Å². The van der Waals surface area contributed by atoms with Crippen LogP contribution in [0, 0.1) is 0 Å². The Hall–Kier alpha value is -1.27. The highest BCUT2D eigenvalue weighted by Crippen LogP contribution is 2.17. The molecule has 0 bridgehead atoms. The van der Waals surface area contributed by atoms with Crippen molar-refractivity contribution in [2.75, 3.05) is 0 Å². The highest BCUT2D eigenvalue weighted by molar-refractivity contribution is 5.80. The average Bonchev–Trinajstić information content (AvgIpc) is 1.85. The highest BCUT2D eigenvalue weighted by atomic mass is 19.4. The number of halogens is 3. The second-order valence-corrected chi connectivity index (χ2v) is 1.88. The van der Waals surface area contributed by atoms with Gasteiger partial charge in [0, 0.05) is 0 Å². The van der Waals surface area contributed by atoms with Gasteiger partial charge in [0.1, 0.15) is 0 Å². The van der Waals surface area contributed by atoms with Gasteiger partial charge in [-0.1, -0.05) is 0 Å². The lowest BCUT2D eigenvalue weighted by molar-refractivity contribution is -0.206. The minimum absolute atomic E-state index is 0.825. The van der Waals surface area contributed by atoms with Gasteiger partial charge in [-0.3, -0.25) is 0 Å². The molecule has 0 aromatic carbocycles. The molecule has 0 aliphatic carbocycles. The summed E-state index contributed by atoms with van der Waals surface area (Å²) in [6, 6.07) is 0. The van der Waals surface area contributed by atoms with E-state index in [1.54, 1.807) is 0 Å². The molecule has 7 heteroatoms. The Kier molecular flexibility index (Phi) is 3.06. The van der Waals surface area contributed by atoms with E-state index in [-0.39, 0.29) is 0 Å². The fourth-order valence-corrected chi connectivity index (χ4v) is 0.278. The molecule has 0 aliphatic rings. The molecule has 0 radical (unpaired) electrons. The summed E-state index contributed by atoms with van der Waals surface area (Å²) in [5.41, 5.74) is 0. The molecule has 0 amide bonds. The fraction of sp³-hybridized carbons (Fsp3) is 0.600. The topological polar surface area (TPSA) is 63.6 Å². The molecule has 0 aromatic rings. The van der Waals surface area contributed by atoms with Crippen molar-refractivity contribution in [2.24, 2.45) is 0 Å². The Bertz CT molecular complexity index is 197. The molecule has 0 saturated heterocycles. The van der Waals surface area contributed by atoms with Crippen LogP contribution in [0.2, 0.25) is 0 Å². The van der Waals surface area contributed by atoms with Gasteiger partial charge in [0.15, 0.2) is 6.10 Å². The molecule has 1 atom stereocenters. The second-order valence-electron chi connectivity index (χ2n) is 1.88. The molecule has 0 heterocycles. The average molecular weight is 186 g/mol. The smallest absolute Gasteiger partial charge is 0.479 e. The van der Waals surface area contributed by atoms with Gasteiger partial charge in [-0.25, -0.2) is 9.59 Å². The summed E-state index contributed by atoms with van der Waals surface area (Å²) in [5.74, 6) is -4.13. The number of alkyl halides is 3. The number of aliphatic carboxylic acids is 1. The summed E-state index contributed by atoms with van der Waals surface area (Å²) in [6.07, 6.45) is -6.94. The van der Waals surface area contributed by atoms with Crippen molar-refractivity contribution in [3.8, 4) is 0 Å². The van der Waals surface area contributed by atoms with E-state index >= 15 is 0 Å². The normalized spacial score (nSPS) is 13.7. The molecule has 0 fully saturated rings. The summed E-state index contributed by atoms with van der Waals surface area (Å²) in [6.45, 7) is 0.825. The Morgan fingerprint density at radius 2 is 1.83 bits per heavy atom. The van der Waals surface area contributed by atoms with Crippen molar-refractivity contribution in [3.63, 3.8) is 0 Å². The van der Waals surface area contributed by atoms with E-state index in [1.807, 2.05) is 0 Å².